The SMILES string of the molecule is COc1cccc(Nc2cc(NCCC(F)(F)F)c3ncn(-c4ccc(C(=O)NC5CC5)c(C)c4)c3c2)c1C.Cc1cc(-n2cnc3c(NCCC(F)(F)F)cc(Br)cc32)ccc1C(=O)NC1CC1. The van der Waals surface area contributed by atoms with Crippen LogP contribution in [-0.4, -0.2) is 75.6 Å². The van der Waals surface area contributed by atoms with Crippen LogP contribution in [0, 0.1) is 20.8 Å². The van der Waals surface area contributed by atoms with Gasteiger partial charge < -0.3 is 31.3 Å². The van der Waals surface area contributed by atoms with Crippen molar-refractivity contribution in [3.8, 4) is 17.1 Å². The normalized spacial score (nSPS) is 13.7. The smallest absolute Gasteiger partial charge is 0.390 e. The number of carbonyl (C=O) groups is 2. The van der Waals surface area contributed by atoms with Gasteiger partial charge in [-0.3, -0.25) is 18.7 Å². The van der Waals surface area contributed by atoms with E-state index in [2.05, 4.69) is 52.5 Å². The number of methoxy groups -OCH3 is 1. The van der Waals surface area contributed by atoms with Gasteiger partial charge in [-0.05, 0) is 130 Å². The molecule has 7 aromatic rings. The Labute approximate surface area is 402 Å². The third-order valence-corrected chi connectivity index (χ3v) is 12.2. The number of aryl methyl sites for hydroxylation is 2. The number of imidazole rings is 2. The zero-order valence-corrected chi connectivity index (χ0v) is 39.7. The first kappa shape index (κ1) is 48.7. The maximum absolute atomic E-state index is 12.9. The molecule has 2 aliphatic rings. The number of nitrogens with zero attached hydrogens (tertiary/aromatic N) is 4. The van der Waals surface area contributed by atoms with Crippen LogP contribution in [0.1, 0.15) is 75.9 Å². The summed E-state index contributed by atoms with van der Waals surface area (Å²) in [5.41, 5.74) is 10.5. The van der Waals surface area contributed by atoms with Gasteiger partial charge in [-0.2, -0.15) is 26.3 Å². The third kappa shape index (κ3) is 12.1. The van der Waals surface area contributed by atoms with Gasteiger partial charge in [0, 0.05) is 69.1 Å². The molecule has 5 aromatic carbocycles. The minimum absolute atomic E-state index is 0.0732. The number of carbonyl (C=O) groups excluding carboxylic acids is 2. The highest BCUT2D eigenvalue weighted by Gasteiger charge is 2.29. The highest BCUT2D eigenvalue weighted by atomic mass is 79.9. The van der Waals surface area contributed by atoms with Crippen LogP contribution in [-0.2, 0) is 0 Å². The van der Waals surface area contributed by atoms with Gasteiger partial charge in [-0.1, -0.05) is 22.0 Å². The molecule has 362 valence electrons. The van der Waals surface area contributed by atoms with Crippen LogP contribution in [0.25, 0.3) is 33.4 Å². The van der Waals surface area contributed by atoms with Crippen LogP contribution in [0.15, 0.2) is 96.0 Å². The Balaban J connectivity index is 0.000000192. The van der Waals surface area contributed by atoms with E-state index in [4.69, 9.17) is 4.74 Å². The Kier molecular flexibility index (Phi) is 14.2. The van der Waals surface area contributed by atoms with Gasteiger partial charge in [0.25, 0.3) is 11.8 Å². The van der Waals surface area contributed by atoms with E-state index < -0.39 is 25.2 Å². The molecule has 2 fully saturated rings. The van der Waals surface area contributed by atoms with E-state index in [1.165, 1.54) is 0 Å². The largest absolute Gasteiger partial charge is 0.496 e. The van der Waals surface area contributed by atoms with E-state index in [9.17, 15) is 35.9 Å². The van der Waals surface area contributed by atoms with Crippen LogP contribution in [0.3, 0.4) is 0 Å². The molecule has 2 amide bonds. The summed E-state index contributed by atoms with van der Waals surface area (Å²) in [7, 11) is 1.60. The van der Waals surface area contributed by atoms with Crippen molar-refractivity contribution in [3.63, 3.8) is 0 Å². The number of aromatic nitrogens is 4. The Morgan fingerprint density at radius 2 is 1.16 bits per heavy atom. The molecule has 2 aliphatic carbocycles. The van der Waals surface area contributed by atoms with E-state index >= 15 is 0 Å². The predicted octanol–water partition coefficient (Wildman–Crippen LogP) is 12.0. The monoisotopic (exact) mass is 1020 g/mol. The van der Waals surface area contributed by atoms with E-state index in [0.29, 0.717) is 44.7 Å². The van der Waals surface area contributed by atoms with Crippen molar-refractivity contribution in [2.45, 2.75) is 83.7 Å². The number of fused-ring (bicyclic) bond motifs is 2. The van der Waals surface area contributed by atoms with Crippen LogP contribution in [0.2, 0.25) is 0 Å². The lowest BCUT2D eigenvalue weighted by Gasteiger charge is -2.16. The fourth-order valence-corrected chi connectivity index (χ4v) is 8.29. The number of hydrogen-bond acceptors (Lipinski definition) is 8. The maximum Gasteiger partial charge on any atom is 0.390 e. The predicted molar refractivity (Wildman–Crippen MR) is 260 cm³/mol. The number of halogens is 7. The van der Waals surface area contributed by atoms with E-state index in [1.54, 1.807) is 44.0 Å². The molecule has 0 bridgehead atoms. The number of rotatable bonds is 15. The summed E-state index contributed by atoms with van der Waals surface area (Å²) in [6.07, 6.45) is -3.05. The number of alkyl halides is 6. The fourth-order valence-electron chi connectivity index (χ4n) is 7.84. The molecule has 0 unspecified atom stereocenters. The second-order valence-electron chi connectivity index (χ2n) is 17.3. The standard InChI is InChI=1S/C29H30F3N5O2.C21H20BrF3N4O/c1-17-13-21(9-10-22(17)28(38)36-19-7-8-19)37-16-34-27-24(33-12-11-29(30,31)32)14-20(15-25(27)37)35-23-5-4-6-26(39-3)18(23)2;1-12-8-15(4-5-16(12)20(30)28-14-2-3-14)29-11-27-19-17(9-13(22)10-18(19)29)26-7-6-21(23,24)25/h4-6,9-10,13-16,19,33,35H,7-8,11-12H2,1-3H3,(H,36,38);4-5,8-11,14,26H,2-3,6-7H2,1H3,(H,28,30). The molecular weight excluding hydrogens is 969 g/mol. The number of amides is 2. The Morgan fingerprint density at radius 3 is 1.62 bits per heavy atom. The molecule has 0 saturated heterocycles. The maximum atomic E-state index is 12.9. The molecule has 0 aliphatic heterocycles. The first-order valence-electron chi connectivity index (χ1n) is 22.4. The van der Waals surface area contributed by atoms with Crippen molar-refractivity contribution in [2.24, 2.45) is 0 Å². The van der Waals surface area contributed by atoms with E-state index in [0.717, 1.165) is 75.2 Å². The first-order chi connectivity index (χ1) is 32.8. The third-order valence-electron chi connectivity index (χ3n) is 11.8. The molecule has 69 heavy (non-hydrogen) atoms. The summed E-state index contributed by atoms with van der Waals surface area (Å²) in [5.74, 6) is 0.556. The van der Waals surface area contributed by atoms with E-state index in [1.807, 2.05) is 84.5 Å². The molecule has 2 saturated carbocycles. The lowest BCUT2D eigenvalue weighted by molar-refractivity contribution is -0.132. The highest BCUT2D eigenvalue weighted by molar-refractivity contribution is 9.10. The minimum Gasteiger partial charge on any atom is -0.496 e. The Hall–Kier alpha value is -6.76. The van der Waals surface area contributed by atoms with Crippen LogP contribution in [0.4, 0.5) is 49.1 Å². The zero-order chi connectivity index (χ0) is 49.2. The molecule has 0 atom stereocenters. The summed E-state index contributed by atoms with van der Waals surface area (Å²) in [4.78, 5) is 33.9. The van der Waals surface area contributed by atoms with Gasteiger partial charge in [0.2, 0.25) is 0 Å². The molecule has 12 nitrogen and oxygen atoms in total. The number of nitrogens with one attached hydrogen (secondary N) is 5. The second-order valence-corrected chi connectivity index (χ2v) is 18.2. The van der Waals surface area contributed by atoms with Gasteiger partial charge in [-0.15, -0.1) is 0 Å². The van der Waals surface area contributed by atoms with Crippen LogP contribution in [0.5, 0.6) is 5.75 Å². The van der Waals surface area contributed by atoms with Crippen molar-refractivity contribution in [3.05, 3.63) is 124 Å². The van der Waals surface area contributed by atoms with Crippen molar-refractivity contribution in [2.75, 3.05) is 36.1 Å². The van der Waals surface area contributed by atoms with Crippen LogP contribution >= 0.6 is 15.9 Å². The molecule has 0 spiro atoms. The first-order valence-corrected chi connectivity index (χ1v) is 23.2. The molecule has 2 aromatic heterocycles. The quantitative estimate of drug-likeness (QED) is 0.0640. The van der Waals surface area contributed by atoms with Crippen molar-refractivity contribution < 1.29 is 40.7 Å². The second kappa shape index (κ2) is 20.1. The zero-order valence-electron chi connectivity index (χ0n) is 38.1. The lowest BCUT2D eigenvalue weighted by Crippen LogP contribution is -2.26. The average Bonchev–Trinajstić information content (AvgIpc) is 4.20. The van der Waals surface area contributed by atoms with Gasteiger partial charge >= 0.3 is 12.4 Å². The Morgan fingerprint density at radius 1 is 0.667 bits per heavy atom. The van der Waals surface area contributed by atoms with Crippen molar-refractivity contribution >= 4 is 72.6 Å². The van der Waals surface area contributed by atoms with Crippen molar-refractivity contribution in [1.29, 1.82) is 0 Å². The van der Waals surface area contributed by atoms with Gasteiger partial charge in [0.1, 0.15) is 29.4 Å². The summed E-state index contributed by atoms with van der Waals surface area (Å²) in [6, 6.07) is 24.5. The average molecular weight is 1020 g/mol. The molecular formula is C50H50BrF6N9O3. The molecule has 19 heteroatoms. The summed E-state index contributed by atoms with van der Waals surface area (Å²) in [6.45, 7) is 5.18. The van der Waals surface area contributed by atoms with Crippen LogP contribution < -0.4 is 31.3 Å². The molecule has 0 radical (unpaired) electrons. The molecule has 5 N–H and O–H groups in total. The lowest BCUT2D eigenvalue weighted by atomic mass is 10.1. The van der Waals surface area contributed by atoms with Gasteiger partial charge in [0.15, 0.2) is 0 Å². The summed E-state index contributed by atoms with van der Waals surface area (Å²) < 4.78 is 85.9. The van der Waals surface area contributed by atoms with Crippen molar-refractivity contribution in [1.82, 2.24) is 29.7 Å². The highest BCUT2D eigenvalue weighted by Crippen LogP contribution is 2.35. The topological polar surface area (TPSA) is 139 Å². The Bertz CT molecular complexity index is 3030. The molecule has 2 heterocycles. The fraction of sp³-hybridized carbons (Fsp3) is 0.320. The van der Waals surface area contributed by atoms with Gasteiger partial charge in [0.05, 0.1) is 42.4 Å². The summed E-state index contributed by atoms with van der Waals surface area (Å²) >= 11 is 3.42. The number of benzene rings is 5. The number of hydrogen-bond donors (Lipinski definition) is 5. The van der Waals surface area contributed by atoms with Gasteiger partial charge in [-0.25, -0.2) is 9.97 Å². The number of ether oxygens (including phenoxy) is 1. The number of anilines is 4. The molecule has 9 rings (SSSR count). The summed E-state index contributed by atoms with van der Waals surface area (Å²) in [5, 5.41) is 15.1. The minimum atomic E-state index is -4.27. The van der Waals surface area contributed by atoms with E-state index in [-0.39, 0.29) is 37.0 Å².